The van der Waals surface area contributed by atoms with Crippen molar-refractivity contribution in [1.29, 1.82) is 0 Å². The number of esters is 2. The lowest BCUT2D eigenvalue weighted by Gasteiger charge is -2.26. The van der Waals surface area contributed by atoms with Crippen molar-refractivity contribution in [2.24, 2.45) is 0 Å². The van der Waals surface area contributed by atoms with Crippen LogP contribution in [0, 0.1) is 0 Å². The van der Waals surface area contributed by atoms with Gasteiger partial charge in [-0.2, -0.15) is 0 Å². The number of carboxylic acids is 1. The molecule has 0 rings (SSSR count). The Morgan fingerprint density at radius 1 is 0.353 bits per heavy atom. The first-order valence-corrected chi connectivity index (χ1v) is 34.0. The number of allylic oxidation sites excluding steroid dienone is 24. The van der Waals surface area contributed by atoms with Crippen LogP contribution in [0.3, 0.4) is 0 Å². The molecule has 0 aromatic carbocycles. The zero-order chi connectivity index (χ0) is 61.9. The van der Waals surface area contributed by atoms with Crippen molar-refractivity contribution >= 4 is 17.9 Å². The van der Waals surface area contributed by atoms with E-state index in [1.807, 2.05) is 21.1 Å². The summed E-state index contributed by atoms with van der Waals surface area (Å²) in [5.41, 5.74) is 0. The maximum Gasteiger partial charge on any atom is 0.306 e. The highest BCUT2D eigenvalue weighted by Gasteiger charge is 2.22. The normalized spacial score (nSPS) is 13.7. The number of quaternary nitrogens is 1. The number of likely N-dealkylation sites (N-methyl/N-ethyl adjacent to an activating group) is 1. The molecule has 0 aromatic heterocycles. The average molecular weight is 1180 g/mol. The summed E-state index contributed by atoms with van der Waals surface area (Å²) >= 11 is 0. The minimum absolute atomic E-state index is 0.139. The fourth-order valence-electron chi connectivity index (χ4n) is 8.96. The average Bonchev–Trinajstić information content (AvgIpc) is 3.49. The number of hydrogen-bond donors (Lipinski definition) is 0. The van der Waals surface area contributed by atoms with E-state index in [0.717, 1.165) is 122 Å². The lowest BCUT2D eigenvalue weighted by atomic mass is 10.0. The topological polar surface area (TPSA) is 111 Å². The molecule has 0 aliphatic rings. The molecule has 0 spiro atoms. The van der Waals surface area contributed by atoms with Crippen molar-refractivity contribution < 1.29 is 42.9 Å². The number of unbranched alkanes of at least 4 members (excludes halogenated alkanes) is 22. The van der Waals surface area contributed by atoms with Gasteiger partial charge in [0.05, 0.1) is 40.3 Å². The first kappa shape index (κ1) is 80.2. The summed E-state index contributed by atoms with van der Waals surface area (Å²) < 4.78 is 22.8. The molecule has 482 valence electrons. The van der Waals surface area contributed by atoms with E-state index in [2.05, 4.69) is 160 Å². The largest absolute Gasteiger partial charge is 0.545 e. The second kappa shape index (κ2) is 65.2. The number of nitrogens with zero attached hydrogens (tertiary/aromatic N) is 1. The van der Waals surface area contributed by atoms with E-state index in [1.54, 1.807) is 0 Å². The quantitative estimate of drug-likeness (QED) is 0.0195. The van der Waals surface area contributed by atoms with Gasteiger partial charge in [0.1, 0.15) is 13.2 Å². The minimum atomic E-state index is -1.63. The molecule has 0 saturated heterocycles. The summed E-state index contributed by atoms with van der Waals surface area (Å²) in [5, 5.41) is 11.8. The lowest BCUT2D eigenvalue weighted by Crippen LogP contribution is -2.44. The molecule has 85 heavy (non-hydrogen) atoms. The predicted molar refractivity (Wildman–Crippen MR) is 361 cm³/mol. The highest BCUT2D eigenvalue weighted by atomic mass is 16.7. The van der Waals surface area contributed by atoms with Crippen LogP contribution in [0.2, 0.25) is 0 Å². The van der Waals surface area contributed by atoms with Crippen LogP contribution in [0.1, 0.15) is 258 Å². The van der Waals surface area contributed by atoms with E-state index >= 15 is 0 Å². The molecule has 0 aromatic rings. The van der Waals surface area contributed by atoms with Crippen LogP contribution in [-0.2, 0) is 33.3 Å². The second-order valence-corrected chi connectivity index (χ2v) is 23.3. The third-order valence-electron chi connectivity index (χ3n) is 14.1. The summed E-state index contributed by atoms with van der Waals surface area (Å²) in [4.78, 5) is 37.5. The van der Waals surface area contributed by atoms with Crippen molar-refractivity contribution in [2.45, 2.75) is 270 Å². The van der Waals surface area contributed by atoms with Crippen molar-refractivity contribution in [2.75, 3.05) is 47.5 Å². The van der Waals surface area contributed by atoms with Gasteiger partial charge >= 0.3 is 11.9 Å². The van der Waals surface area contributed by atoms with Crippen molar-refractivity contribution in [3.8, 4) is 0 Å². The molecule has 0 radical (unpaired) electrons. The van der Waals surface area contributed by atoms with Gasteiger partial charge in [-0.15, -0.1) is 0 Å². The molecular weight excluding hydrogens is 1050 g/mol. The first-order valence-electron chi connectivity index (χ1n) is 34.0. The van der Waals surface area contributed by atoms with Gasteiger partial charge in [0.25, 0.3) is 0 Å². The fourth-order valence-corrected chi connectivity index (χ4v) is 8.96. The van der Waals surface area contributed by atoms with E-state index in [-0.39, 0.29) is 38.6 Å². The van der Waals surface area contributed by atoms with E-state index < -0.39 is 24.3 Å². The molecule has 2 atom stereocenters. The van der Waals surface area contributed by atoms with Crippen molar-refractivity contribution in [3.63, 3.8) is 0 Å². The van der Waals surface area contributed by atoms with Crippen LogP contribution in [0.25, 0.3) is 0 Å². The highest BCUT2D eigenvalue weighted by Crippen LogP contribution is 2.16. The first-order chi connectivity index (χ1) is 41.6. The number of aliphatic carboxylic acids is 1. The Morgan fingerprint density at radius 3 is 0.941 bits per heavy atom. The van der Waals surface area contributed by atoms with E-state index in [1.165, 1.54) is 103 Å². The Labute approximate surface area is 522 Å². The Bertz CT molecular complexity index is 1900. The molecule has 9 heteroatoms. The van der Waals surface area contributed by atoms with Crippen LogP contribution in [0.5, 0.6) is 0 Å². The number of carbonyl (C=O) groups excluding carboxylic acids is 3. The van der Waals surface area contributed by atoms with Gasteiger partial charge in [-0.25, -0.2) is 0 Å². The van der Waals surface area contributed by atoms with Crippen LogP contribution < -0.4 is 5.11 Å². The van der Waals surface area contributed by atoms with Gasteiger partial charge in [-0.3, -0.25) is 9.59 Å². The number of rotatable bonds is 61. The minimum Gasteiger partial charge on any atom is -0.545 e. The van der Waals surface area contributed by atoms with Gasteiger partial charge < -0.3 is 33.3 Å². The zero-order valence-electron chi connectivity index (χ0n) is 54.9. The van der Waals surface area contributed by atoms with E-state index in [4.69, 9.17) is 18.9 Å². The molecular formula is C76H125NO8. The van der Waals surface area contributed by atoms with E-state index in [9.17, 15) is 19.5 Å². The second-order valence-electron chi connectivity index (χ2n) is 23.3. The van der Waals surface area contributed by atoms with E-state index in [0.29, 0.717) is 17.4 Å². The zero-order valence-corrected chi connectivity index (χ0v) is 54.9. The Balaban J connectivity index is 4.20. The van der Waals surface area contributed by atoms with Gasteiger partial charge in [0.2, 0.25) is 0 Å². The molecule has 0 bridgehead atoms. The molecule has 0 amide bonds. The maximum atomic E-state index is 12.9. The number of ether oxygens (including phenoxy) is 4. The van der Waals surface area contributed by atoms with Crippen LogP contribution in [0.15, 0.2) is 146 Å². The molecule has 2 unspecified atom stereocenters. The van der Waals surface area contributed by atoms with Crippen molar-refractivity contribution in [1.82, 2.24) is 0 Å². The standard InChI is InChI=1S/C76H125NO8/c1-6-8-10-12-14-16-18-20-22-24-26-28-30-32-34-36-37-39-41-43-45-47-49-51-53-55-57-59-61-63-65-67-74(79)85-72(71-84-76(75(80)81)82-69-68-77(3,4)5)70-83-73(78)66-64-62-60-58-56-54-52-50-48-46-44-42-40-38-35-33-31-29-27-25-23-21-19-17-15-13-11-9-7-2/h8-11,14-17,20-23,26-29,32-35,37,39,43,45,72,76H,6-7,12-13,18-19,24-25,30-31,36,38,40-42,44,46-71H2,1-5H3/b10-8-,11-9-,16-14-,17-15-,22-20-,23-21-,28-26-,29-27-,34-32-,35-33-,39-37-,45-43-. The molecule has 0 aliphatic heterocycles. The Hall–Kier alpha value is -4.83. The summed E-state index contributed by atoms with van der Waals surface area (Å²) in [6.45, 7) is 4.51. The van der Waals surface area contributed by atoms with Crippen LogP contribution in [0.4, 0.5) is 0 Å². The van der Waals surface area contributed by atoms with Gasteiger partial charge in [-0.1, -0.05) is 275 Å². The maximum absolute atomic E-state index is 12.9. The van der Waals surface area contributed by atoms with Crippen molar-refractivity contribution in [3.05, 3.63) is 146 Å². The monoisotopic (exact) mass is 1180 g/mol. The van der Waals surface area contributed by atoms with Gasteiger partial charge in [-0.05, 0) is 116 Å². The highest BCUT2D eigenvalue weighted by molar-refractivity contribution is 5.70. The third kappa shape index (κ3) is 66.5. The van der Waals surface area contributed by atoms with Gasteiger partial charge in [0.15, 0.2) is 12.4 Å². The summed E-state index contributed by atoms with van der Waals surface area (Å²) in [6, 6.07) is 0. The van der Waals surface area contributed by atoms with Crippen LogP contribution in [-0.4, -0.2) is 82.3 Å². The molecule has 0 N–H and O–H groups in total. The van der Waals surface area contributed by atoms with Crippen LogP contribution >= 0.6 is 0 Å². The Morgan fingerprint density at radius 2 is 0.635 bits per heavy atom. The summed E-state index contributed by atoms with van der Waals surface area (Å²) in [7, 11) is 5.92. The summed E-state index contributed by atoms with van der Waals surface area (Å²) in [6.07, 6.45) is 91.9. The predicted octanol–water partition coefficient (Wildman–Crippen LogP) is 19.8. The number of carboxylic acid groups (broad SMARTS) is 1. The third-order valence-corrected chi connectivity index (χ3v) is 14.1. The molecule has 0 heterocycles. The van der Waals surface area contributed by atoms with Gasteiger partial charge in [0, 0.05) is 12.8 Å². The molecule has 0 saturated carbocycles. The fraction of sp³-hybridized carbons (Fsp3) is 0.645. The number of carbonyl (C=O) groups is 3. The lowest BCUT2D eigenvalue weighted by molar-refractivity contribution is -0.870. The molecule has 9 nitrogen and oxygen atoms in total. The number of hydrogen-bond acceptors (Lipinski definition) is 8. The smallest absolute Gasteiger partial charge is 0.306 e. The molecule has 0 fully saturated rings. The SMILES string of the molecule is CC/C=C\C/C=C\C/C=C\C/C=C\C/C=C\C/C=C\C/C=C\CCCCCCCCCCCC(=O)OC(COC(=O)CCCCCCCCCCCCCCC/C=C\C/C=C\C/C=C\C/C=C\C/C=C\CC)COC(OCC[N+](C)(C)C)C(=O)[O-]. The molecule has 0 aliphatic carbocycles. The Kier molecular flexibility index (Phi) is 61.4. The summed E-state index contributed by atoms with van der Waals surface area (Å²) in [5.74, 6) is -2.30.